The first-order chi connectivity index (χ1) is 9.00. The van der Waals surface area contributed by atoms with Crippen molar-refractivity contribution in [2.24, 2.45) is 0 Å². The van der Waals surface area contributed by atoms with Crippen molar-refractivity contribution in [3.63, 3.8) is 0 Å². The predicted octanol–water partition coefficient (Wildman–Crippen LogP) is 0.789. The number of nitrogens with zero attached hydrogens (tertiary/aromatic N) is 1. The molecule has 2 N–H and O–H groups in total. The highest BCUT2D eigenvalue weighted by Gasteiger charge is 2.30. The van der Waals surface area contributed by atoms with Crippen LogP contribution in [0.1, 0.15) is 18.4 Å². The highest BCUT2D eigenvalue weighted by molar-refractivity contribution is 5.92. The molecular weight excluding hydrogens is 242 g/mol. The van der Waals surface area contributed by atoms with Crippen LogP contribution in [0.5, 0.6) is 0 Å². The van der Waals surface area contributed by atoms with E-state index >= 15 is 0 Å². The van der Waals surface area contributed by atoms with E-state index in [1.54, 1.807) is 21.0 Å². The lowest BCUT2D eigenvalue weighted by molar-refractivity contribution is -0.134. The SMILES string of the molecule is CC(NC(=O)C1CNc2ccccc21)C(=O)N(C)C. The maximum Gasteiger partial charge on any atom is 0.244 e. The van der Waals surface area contributed by atoms with E-state index in [0.717, 1.165) is 11.3 Å². The third-order valence-electron chi connectivity index (χ3n) is 3.32. The maximum absolute atomic E-state index is 12.2. The number of carbonyl (C=O) groups is 2. The number of para-hydroxylation sites is 1. The third-order valence-corrected chi connectivity index (χ3v) is 3.32. The Balaban J connectivity index is 2.04. The molecule has 0 fully saturated rings. The van der Waals surface area contributed by atoms with Crippen molar-refractivity contribution in [1.82, 2.24) is 10.2 Å². The van der Waals surface area contributed by atoms with Crippen LogP contribution in [0.3, 0.4) is 0 Å². The van der Waals surface area contributed by atoms with Crippen molar-refractivity contribution < 1.29 is 9.59 Å². The lowest BCUT2D eigenvalue weighted by atomic mass is 10.0. The van der Waals surface area contributed by atoms with Gasteiger partial charge in [-0.05, 0) is 18.6 Å². The van der Waals surface area contributed by atoms with Gasteiger partial charge in [-0.1, -0.05) is 18.2 Å². The van der Waals surface area contributed by atoms with E-state index in [2.05, 4.69) is 10.6 Å². The molecule has 1 aromatic rings. The van der Waals surface area contributed by atoms with E-state index in [4.69, 9.17) is 0 Å². The van der Waals surface area contributed by atoms with Crippen LogP contribution in [0.15, 0.2) is 24.3 Å². The Morgan fingerprint density at radius 3 is 2.74 bits per heavy atom. The Hall–Kier alpha value is -2.04. The number of fused-ring (bicyclic) bond motifs is 1. The normalized spacial score (nSPS) is 18.2. The van der Waals surface area contributed by atoms with Crippen LogP contribution in [-0.4, -0.2) is 43.4 Å². The number of nitrogens with one attached hydrogen (secondary N) is 2. The smallest absolute Gasteiger partial charge is 0.244 e. The summed E-state index contributed by atoms with van der Waals surface area (Å²) in [6.45, 7) is 2.28. The molecule has 5 heteroatoms. The van der Waals surface area contributed by atoms with Gasteiger partial charge in [0.05, 0.1) is 5.92 Å². The largest absolute Gasteiger partial charge is 0.384 e. The summed E-state index contributed by atoms with van der Waals surface area (Å²) in [5, 5.41) is 5.97. The van der Waals surface area contributed by atoms with Crippen LogP contribution in [0.2, 0.25) is 0 Å². The summed E-state index contributed by atoms with van der Waals surface area (Å²) in [7, 11) is 3.36. The molecule has 0 spiro atoms. The van der Waals surface area contributed by atoms with Gasteiger partial charge in [0.2, 0.25) is 11.8 Å². The molecular formula is C14H19N3O2. The molecule has 1 aliphatic heterocycles. The highest BCUT2D eigenvalue weighted by atomic mass is 16.2. The molecule has 2 rings (SSSR count). The molecule has 2 amide bonds. The van der Waals surface area contributed by atoms with E-state index in [1.807, 2.05) is 24.3 Å². The zero-order valence-corrected chi connectivity index (χ0v) is 11.4. The van der Waals surface area contributed by atoms with Gasteiger partial charge in [0.25, 0.3) is 0 Å². The molecule has 5 nitrogen and oxygen atoms in total. The standard InChI is InChI=1S/C14H19N3O2/c1-9(14(19)17(2)3)16-13(18)11-8-15-12-7-5-4-6-10(11)12/h4-7,9,11,15H,8H2,1-3H3,(H,16,18). The Bertz CT molecular complexity index is 499. The molecule has 0 saturated heterocycles. The average Bonchev–Trinajstić information content (AvgIpc) is 2.81. The van der Waals surface area contributed by atoms with Gasteiger partial charge in [-0.15, -0.1) is 0 Å². The molecule has 19 heavy (non-hydrogen) atoms. The van der Waals surface area contributed by atoms with E-state index in [0.29, 0.717) is 6.54 Å². The second-order valence-electron chi connectivity index (χ2n) is 4.98. The summed E-state index contributed by atoms with van der Waals surface area (Å²) in [5.41, 5.74) is 1.98. The van der Waals surface area contributed by atoms with E-state index in [1.165, 1.54) is 4.90 Å². The van der Waals surface area contributed by atoms with Crippen molar-refractivity contribution in [2.45, 2.75) is 18.9 Å². The zero-order valence-electron chi connectivity index (χ0n) is 11.4. The molecule has 102 valence electrons. The topological polar surface area (TPSA) is 61.4 Å². The molecule has 2 unspecified atom stereocenters. The summed E-state index contributed by atoms with van der Waals surface area (Å²) in [6, 6.07) is 7.25. The first kappa shape index (κ1) is 13.4. The third kappa shape index (κ3) is 2.70. The van der Waals surface area contributed by atoms with Crippen LogP contribution in [-0.2, 0) is 9.59 Å². The van der Waals surface area contributed by atoms with Gasteiger partial charge >= 0.3 is 0 Å². The van der Waals surface area contributed by atoms with Crippen LogP contribution in [0.4, 0.5) is 5.69 Å². The summed E-state index contributed by atoms with van der Waals surface area (Å²) < 4.78 is 0. The number of carbonyl (C=O) groups excluding carboxylic acids is 2. The van der Waals surface area contributed by atoms with Gasteiger partial charge in [-0.2, -0.15) is 0 Å². The number of hydrogen-bond donors (Lipinski definition) is 2. The van der Waals surface area contributed by atoms with E-state index in [9.17, 15) is 9.59 Å². The van der Waals surface area contributed by atoms with Gasteiger partial charge < -0.3 is 15.5 Å². The first-order valence-electron chi connectivity index (χ1n) is 6.35. The van der Waals surface area contributed by atoms with Crippen molar-refractivity contribution in [3.8, 4) is 0 Å². The second-order valence-corrected chi connectivity index (χ2v) is 4.98. The maximum atomic E-state index is 12.2. The summed E-state index contributed by atoms with van der Waals surface area (Å²) in [6.07, 6.45) is 0. The fraction of sp³-hybridized carbons (Fsp3) is 0.429. The molecule has 1 aliphatic rings. The minimum atomic E-state index is -0.504. The Morgan fingerprint density at radius 1 is 1.37 bits per heavy atom. The van der Waals surface area contributed by atoms with Gasteiger partial charge in [0, 0.05) is 26.3 Å². The fourth-order valence-electron chi connectivity index (χ4n) is 2.28. The summed E-state index contributed by atoms with van der Waals surface area (Å²) in [5.74, 6) is -0.443. The zero-order chi connectivity index (χ0) is 14.0. The van der Waals surface area contributed by atoms with Crippen LogP contribution >= 0.6 is 0 Å². The number of benzene rings is 1. The van der Waals surface area contributed by atoms with Gasteiger partial charge in [0.15, 0.2) is 0 Å². The number of amides is 2. The number of rotatable bonds is 3. The van der Waals surface area contributed by atoms with Crippen molar-refractivity contribution in [1.29, 1.82) is 0 Å². The number of hydrogen-bond acceptors (Lipinski definition) is 3. The quantitative estimate of drug-likeness (QED) is 0.845. The van der Waals surface area contributed by atoms with Crippen molar-refractivity contribution in [3.05, 3.63) is 29.8 Å². The highest BCUT2D eigenvalue weighted by Crippen LogP contribution is 2.30. The van der Waals surface area contributed by atoms with Crippen LogP contribution in [0, 0.1) is 0 Å². The minimum Gasteiger partial charge on any atom is -0.384 e. The molecule has 0 bridgehead atoms. The second kappa shape index (κ2) is 5.30. The lowest BCUT2D eigenvalue weighted by Crippen LogP contribution is -2.46. The molecule has 0 aromatic heterocycles. The molecule has 0 saturated carbocycles. The van der Waals surface area contributed by atoms with Crippen LogP contribution in [0.25, 0.3) is 0 Å². The van der Waals surface area contributed by atoms with E-state index < -0.39 is 6.04 Å². The number of anilines is 1. The summed E-state index contributed by atoms with van der Waals surface area (Å²) in [4.78, 5) is 25.4. The minimum absolute atomic E-state index is 0.104. The first-order valence-corrected chi connectivity index (χ1v) is 6.35. The Morgan fingerprint density at radius 2 is 2.05 bits per heavy atom. The van der Waals surface area contributed by atoms with Crippen molar-refractivity contribution in [2.75, 3.05) is 26.0 Å². The Labute approximate surface area is 113 Å². The van der Waals surface area contributed by atoms with E-state index in [-0.39, 0.29) is 17.7 Å². The molecule has 0 radical (unpaired) electrons. The van der Waals surface area contributed by atoms with Gasteiger partial charge in [-0.25, -0.2) is 0 Å². The molecule has 0 aliphatic carbocycles. The lowest BCUT2D eigenvalue weighted by Gasteiger charge is -2.20. The molecule has 2 atom stereocenters. The van der Waals surface area contributed by atoms with Gasteiger partial charge in [-0.3, -0.25) is 9.59 Å². The fourth-order valence-corrected chi connectivity index (χ4v) is 2.28. The van der Waals surface area contributed by atoms with Crippen LogP contribution < -0.4 is 10.6 Å². The monoisotopic (exact) mass is 261 g/mol. The number of likely N-dealkylation sites (N-methyl/N-ethyl adjacent to an activating group) is 1. The average molecular weight is 261 g/mol. The molecule has 1 aromatic carbocycles. The van der Waals surface area contributed by atoms with Gasteiger partial charge in [0.1, 0.15) is 6.04 Å². The summed E-state index contributed by atoms with van der Waals surface area (Å²) >= 11 is 0. The Kier molecular flexibility index (Phi) is 3.74. The molecule has 1 heterocycles. The van der Waals surface area contributed by atoms with Crippen molar-refractivity contribution >= 4 is 17.5 Å². The predicted molar refractivity (Wildman–Crippen MR) is 74.0 cm³/mol.